The summed E-state index contributed by atoms with van der Waals surface area (Å²) < 4.78 is 5.46. The lowest BCUT2D eigenvalue weighted by Crippen LogP contribution is -2.27. The first kappa shape index (κ1) is 24.5. The predicted molar refractivity (Wildman–Crippen MR) is 140 cm³/mol. The van der Waals surface area contributed by atoms with Crippen molar-refractivity contribution >= 4 is 30.4 Å². The van der Waals surface area contributed by atoms with Crippen LogP contribution in [0.5, 0.6) is 0 Å². The lowest BCUT2D eigenvalue weighted by atomic mass is 9.88. The van der Waals surface area contributed by atoms with Crippen LogP contribution in [0.1, 0.15) is 36.0 Å². The summed E-state index contributed by atoms with van der Waals surface area (Å²) in [7, 11) is 0. The second-order valence-corrected chi connectivity index (χ2v) is 9.83. The Balaban J connectivity index is 1.74. The smallest absolute Gasteiger partial charge is 0.319 e. The van der Waals surface area contributed by atoms with Crippen LogP contribution in [0.15, 0.2) is 91.0 Å². The van der Waals surface area contributed by atoms with Crippen LogP contribution in [-0.4, -0.2) is 28.8 Å². The van der Waals surface area contributed by atoms with Crippen LogP contribution in [-0.2, 0) is 22.4 Å². The number of carbonyl (C=O) groups is 1. The van der Waals surface area contributed by atoms with Gasteiger partial charge >= 0.3 is 5.97 Å². The summed E-state index contributed by atoms with van der Waals surface area (Å²) in [6.07, 6.45) is 2.50. The van der Waals surface area contributed by atoms with Gasteiger partial charge in [-0.15, -0.1) is 11.8 Å². The maximum Gasteiger partial charge on any atom is 0.319 e. The fourth-order valence-corrected chi connectivity index (χ4v) is 5.57. The molecule has 0 bridgehead atoms. The second kappa shape index (κ2) is 13.4. The minimum absolute atomic E-state index is 0.103. The topological polar surface area (TPSA) is 26.3 Å². The Hall–Kier alpha value is -2.17. The van der Waals surface area contributed by atoms with Gasteiger partial charge in [0.1, 0.15) is 5.25 Å². The summed E-state index contributed by atoms with van der Waals surface area (Å²) in [5.41, 5.74) is 3.78. The van der Waals surface area contributed by atoms with E-state index < -0.39 is 0 Å². The van der Waals surface area contributed by atoms with Crippen molar-refractivity contribution in [3.05, 3.63) is 108 Å². The molecule has 0 saturated heterocycles. The van der Waals surface area contributed by atoms with Crippen molar-refractivity contribution in [1.82, 2.24) is 0 Å². The van der Waals surface area contributed by atoms with E-state index in [0.29, 0.717) is 13.0 Å². The quantitative estimate of drug-likeness (QED) is 0.241. The number of hydrogen-bond donors (Lipinski definition) is 1. The molecule has 3 unspecified atom stereocenters. The molecule has 0 fully saturated rings. The molecule has 0 radical (unpaired) electrons. The maximum atomic E-state index is 12.9. The molecular formula is C28H32O2S2. The van der Waals surface area contributed by atoms with Crippen molar-refractivity contribution < 1.29 is 9.53 Å². The molecule has 0 aromatic heterocycles. The number of thiol groups is 1. The zero-order chi connectivity index (χ0) is 22.6. The molecule has 32 heavy (non-hydrogen) atoms. The first-order chi connectivity index (χ1) is 15.7. The van der Waals surface area contributed by atoms with Gasteiger partial charge in [0.2, 0.25) is 0 Å². The van der Waals surface area contributed by atoms with E-state index in [2.05, 4.69) is 72.8 Å². The van der Waals surface area contributed by atoms with Crippen LogP contribution >= 0.6 is 24.4 Å². The van der Waals surface area contributed by atoms with Crippen LogP contribution in [0.3, 0.4) is 0 Å². The molecule has 0 spiro atoms. The average Bonchev–Trinajstić information content (AvgIpc) is 2.83. The number of rotatable bonds is 12. The van der Waals surface area contributed by atoms with Gasteiger partial charge in [-0.25, -0.2) is 0 Å². The lowest BCUT2D eigenvalue weighted by Gasteiger charge is -2.27. The van der Waals surface area contributed by atoms with Gasteiger partial charge in [-0.1, -0.05) is 91.0 Å². The van der Waals surface area contributed by atoms with Crippen molar-refractivity contribution in [3.8, 4) is 0 Å². The zero-order valence-electron chi connectivity index (χ0n) is 18.6. The Morgan fingerprint density at radius 1 is 0.875 bits per heavy atom. The monoisotopic (exact) mass is 464 g/mol. The van der Waals surface area contributed by atoms with Crippen molar-refractivity contribution in [3.63, 3.8) is 0 Å². The van der Waals surface area contributed by atoms with E-state index in [4.69, 9.17) is 17.4 Å². The molecule has 0 N–H and O–H groups in total. The summed E-state index contributed by atoms with van der Waals surface area (Å²) in [6, 6.07) is 31.3. The number of thioether (sulfide) groups is 1. The van der Waals surface area contributed by atoms with Crippen LogP contribution in [0.2, 0.25) is 0 Å². The SMILES string of the molecule is CCOC(=O)C(CC(c1ccccc1)C(S)Cc1ccccc1)SCCc1ccccc1. The van der Waals surface area contributed by atoms with E-state index in [1.165, 1.54) is 16.7 Å². The largest absolute Gasteiger partial charge is 0.465 e. The summed E-state index contributed by atoms with van der Waals surface area (Å²) in [5.74, 6) is 0.912. The van der Waals surface area contributed by atoms with E-state index in [0.717, 1.165) is 18.6 Å². The number of ether oxygens (including phenoxy) is 1. The molecule has 3 atom stereocenters. The normalized spacial score (nSPS) is 13.8. The molecule has 2 nitrogen and oxygen atoms in total. The second-order valence-electron chi connectivity index (χ2n) is 7.86. The van der Waals surface area contributed by atoms with E-state index >= 15 is 0 Å². The van der Waals surface area contributed by atoms with Gasteiger partial charge in [-0.3, -0.25) is 4.79 Å². The van der Waals surface area contributed by atoms with Crippen molar-refractivity contribution in [2.24, 2.45) is 0 Å². The van der Waals surface area contributed by atoms with Gasteiger partial charge in [0.05, 0.1) is 6.61 Å². The highest BCUT2D eigenvalue weighted by atomic mass is 32.2. The molecular weight excluding hydrogens is 432 g/mol. The summed E-state index contributed by atoms with van der Waals surface area (Å²) in [4.78, 5) is 12.9. The fourth-order valence-electron chi connectivity index (χ4n) is 3.88. The van der Waals surface area contributed by atoms with Crippen LogP contribution in [0.25, 0.3) is 0 Å². The predicted octanol–water partition coefficient (Wildman–Crippen LogP) is 6.61. The molecule has 0 heterocycles. The average molecular weight is 465 g/mol. The standard InChI is InChI=1S/C28H32O2S2/c1-2-30-28(29)27(32-19-18-22-12-6-3-7-13-22)21-25(24-16-10-5-11-17-24)26(31)20-23-14-8-4-9-15-23/h3-17,25-27,31H,2,18-21H2,1H3. The highest BCUT2D eigenvalue weighted by molar-refractivity contribution is 8.00. The highest BCUT2D eigenvalue weighted by Gasteiger charge is 2.29. The molecule has 3 rings (SSSR count). The van der Waals surface area contributed by atoms with Crippen LogP contribution in [0, 0.1) is 0 Å². The van der Waals surface area contributed by atoms with E-state index in [1.54, 1.807) is 11.8 Å². The number of carbonyl (C=O) groups excluding carboxylic acids is 1. The Bertz CT molecular complexity index is 916. The van der Waals surface area contributed by atoms with Gasteiger partial charge in [-0.2, -0.15) is 12.6 Å². The third kappa shape index (κ3) is 7.75. The fraction of sp³-hybridized carbons (Fsp3) is 0.321. The highest BCUT2D eigenvalue weighted by Crippen LogP contribution is 2.34. The summed E-state index contributed by atoms with van der Waals surface area (Å²) in [6.45, 7) is 2.27. The Labute approximate surface area is 202 Å². The van der Waals surface area contributed by atoms with Crippen molar-refractivity contribution in [2.45, 2.75) is 42.6 Å². The lowest BCUT2D eigenvalue weighted by molar-refractivity contribution is -0.142. The molecule has 0 saturated carbocycles. The van der Waals surface area contributed by atoms with E-state index in [9.17, 15) is 4.79 Å². The van der Waals surface area contributed by atoms with Gasteiger partial charge < -0.3 is 4.74 Å². The van der Waals surface area contributed by atoms with Gasteiger partial charge in [0.15, 0.2) is 0 Å². The molecule has 0 aliphatic rings. The molecule has 4 heteroatoms. The molecule has 0 aliphatic carbocycles. The molecule has 168 valence electrons. The van der Waals surface area contributed by atoms with Gasteiger partial charge in [0.25, 0.3) is 0 Å². The maximum absolute atomic E-state index is 12.9. The minimum Gasteiger partial charge on any atom is -0.465 e. The Kier molecular flexibility index (Phi) is 10.2. The number of benzene rings is 3. The van der Waals surface area contributed by atoms with Gasteiger partial charge in [0, 0.05) is 5.25 Å². The minimum atomic E-state index is -0.214. The number of esters is 1. The van der Waals surface area contributed by atoms with E-state index in [-0.39, 0.29) is 22.4 Å². The third-order valence-electron chi connectivity index (χ3n) is 5.55. The molecule has 0 amide bonds. The summed E-state index contributed by atoms with van der Waals surface area (Å²) >= 11 is 6.73. The first-order valence-corrected chi connectivity index (χ1v) is 12.8. The zero-order valence-corrected chi connectivity index (χ0v) is 20.3. The Morgan fingerprint density at radius 2 is 1.44 bits per heavy atom. The molecule has 0 aliphatic heterocycles. The Morgan fingerprint density at radius 3 is 2.03 bits per heavy atom. The van der Waals surface area contributed by atoms with E-state index in [1.807, 2.05) is 25.1 Å². The third-order valence-corrected chi connectivity index (χ3v) is 7.32. The van der Waals surface area contributed by atoms with Crippen LogP contribution in [0.4, 0.5) is 0 Å². The van der Waals surface area contributed by atoms with Crippen molar-refractivity contribution in [1.29, 1.82) is 0 Å². The van der Waals surface area contributed by atoms with Crippen LogP contribution < -0.4 is 0 Å². The molecule has 3 aromatic rings. The van der Waals surface area contributed by atoms with Crippen molar-refractivity contribution in [2.75, 3.05) is 12.4 Å². The summed E-state index contributed by atoms with van der Waals surface area (Å²) in [5, 5.41) is -0.110. The number of aryl methyl sites for hydroxylation is 1. The van der Waals surface area contributed by atoms with Gasteiger partial charge in [-0.05, 0) is 54.5 Å². The molecule has 3 aromatic carbocycles. The first-order valence-electron chi connectivity index (χ1n) is 11.3. The number of hydrogen-bond acceptors (Lipinski definition) is 4.